The van der Waals surface area contributed by atoms with Gasteiger partial charge in [-0.2, -0.15) is 0 Å². The molecule has 0 atom stereocenters. The second kappa shape index (κ2) is 8.19. The highest BCUT2D eigenvalue weighted by Gasteiger charge is 2.15. The van der Waals surface area contributed by atoms with E-state index in [2.05, 4.69) is 0 Å². The fourth-order valence-corrected chi connectivity index (χ4v) is 2.23. The molecular weight excluding hydrogens is 315 g/mol. The van der Waals surface area contributed by atoms with Crippen LogP contribution < -0.4 is 18.9 Å². The maximum Gasteiger partial charge on any atom is 0.311 e. The number of ether oxygens (including phenoxy) is 4. The summed E-state index contributed by atoms with van der Waals surface area (Å²) in [6.45, 7) is 0. The first-order chi connectivity index (χ1) is 11.6. The number of hydrogen-bond donors (Lipinski definition) is 0. The van der Waals surface area contributed by atoms with Crippen LogP contribution in [0.3, 0.4) is 0 Å². The van der Waals surface area contributed by atoms with Crippen molar-refractivity contribution >= 4 is 5.97 Å². The highest BCUT2D eigenvalue weighted by Crippen LogP contribution is 2.38. The van der Waals surface area contributed by atoms with Gasteiger partial charge in [-0.05, 0) is 36.2 Å². The number of aryl methyl sites for hydroxylation is 1. The van der Waals surface area contributed by atoms with Crippen molar-refractivity contribution in [2.45, 2.75) is 12.8 Å². The van der Waals surface area contributed by atoms with Gasteiger partial charge in [0.25, 0.3) is 0 Å². The molecule has 0 aliphatic rings. The van der Waals surface area contributed by atoms with Gasteiger partial charge in [0.1, 0.15) is 0 Å². The molecule has 0 unspecified atom stereocenters. The van der Waals surface area contributed by atoms with E-state index >= 15 is 0 Å². The molecule has 2 aromatic carbocycles. The average Bonchev–Trinajstić information content (AvgIpc) is 2.60. The first-order valence-corrected chi connectivity index (χ1v) is 7.33. The van der Waals surface area contributed by atoms with E-state index in [4.69, 9.17) is 18.9 Å². The summed E-state index contributed by atoms with van der Waals surface area (Å²) in [6, 6.07) is 9.30. The molecule has 0 saturated carbocycles. The van der Waals surface area contributed by atoms with Gasteiger partial charge in [-0.25, -0.2) is 4.39 Å². The van der Waals surface area contributed by atoms with E-state index in [0.717, 1.165) is 5.56 Å². The summed E-state index contributed by atoms with van der Waals surface area (Å²) >= 11 is 0. The molecule has 0 radical (unpaired) electrons. The SMILES string of the molecule is COc1cc(CCC(=O)Oc2ccccc2F)cc(OC)c1OC. The maximum atomic E-state index is 13.5. The number of hydrogen-bond acceptors (Lipinski definition) is 5. The van der Waals surface area contributed by atoms with Crippen molar-refractivity contribution in [1.82, 2.24) is 0 Å². The summed E-state index contributed by atoms with van der Waals surface area (Å²) in [7, 11) is 4.56. The van der Waals surface area contributed by atoms with Gasteiger partial charge in [-0.3, -0.25) is 4.79 Å². The summed E-state index contributed by atoms with van der Waals surface area (Å²) in [5, 5.41) is 0. The summed E-state index contributed by atoms with van der Waals surface area (Å²) in [5.74, 6) is 0.334. The smallest absolute Gasteiger partial charge is 0.311 e. The third-order valence-corrected chi connectivity index (χ3v) is 3.40. The fraction of sp³-hybridized carbons (Fsp3) is 0.278. The Labute approximate surface area is 139 Å². The monoisotopic (exact) mass is 334 g/mol. The van der Waals surface area contributed by atoms with Gasteiger partial charge in [0, 0.05) is 6.42 Å². The van der Waals surface area contributed by atoms with E-state index in [9.17, 15) is 9.18 Å². The Morgan fingerprint density at radius 1 is 0.958 bits per heavy atom. The number of halogens is 1. The van der Waals surface area contributed by atoms with Crippen LogP contribution in [0.2, 0.25) is 0 Å². The van der Waals surface area contributed by atoms with Gasteiger partial charge in [0.2, 0.25) is 5.75 Å². The van der Waals surface area contributed by atoms with Crippen LogP contribution in [0, 0.1) is 5.82 Å². The lowest BCUT2D eigenvalue weighted by Gasteiger charge is -2.14. The molecule has 24 heavy (non-hydrogen) atoms. The molecule has 0 aliphatic heterocycles. The molecule has 0 bridgehead atoms. The zero-order valence-corrected chi connectivity index (χ0v) is 13.8. The summed E-state index contributed by atoms with van der Waals surface area (Å²) in [4.78, 5) is 11.9. The highest BCUT2D eigenvalue weighted by molar-refractivity contribution is 5.72. The van der Waals surface area contributed by atoms with Gasteiger partial charge in [0.15, 0.2) is 23.1 Å². The standard InChI is InChI=1S/C18H19FO5/c1-21-15-10-12(11-16(22-2)18(15)23-3)8-9-17(20)24-14-7-5-4-6-13(14)19/h4-7,10-11H,8-9H2,1-3H3. The second-order valence-electron chi connectivity index (χ2n) is 4.94. The van der Waals surface area contributed by atoms with E-state index in [1.165, 1.54) is 39.5 Å². The van der Waals surface area contributed by atoms with Crippen molar-refractivity contribution in [1.29, 1.82) is 0 Å². The largest absolute Gasteiger partial charge is 0.493 e. The summed E-state index contributed by atoms with van der Waals surface area (Å²) < 4.78 is 34.3. The predicted octanol–water partition coefficient (Wildman–Crippen LogP) is 3.39. The molecule has 0 amide bonds. The number of benzene rings is 2. The van der Waals surface area contributed by atoms with Crippen LogP contribution in [0.4, 0.5) is 4.39 Å². The molecule has 2 rings (SSSR count). The van der Waals surface area contributed by atoms with Gasteiger partial charge < -0.3 is 18.9 Å². The Bertz CT molecular complexity index is 689. The number of rotatable bonds is 7. The van der Waals surface area contributed by atoms with Crippen molar-refractivity contribution in [3.63, 3.8) is 0 Å². The molecule has 0 aliphatic carbocycles. The number of carbonyl (C=O) groups is 1. The Balaban J connectivity index is 2.06. The number of methoxy groups -OCH3 is 3. The molecule has 2 aromatic rings. The van der Waals surface area contributed by atoms with Crippen molar-refractivity contribution in [2.75, 3.05) is 21.3 Å². The van der Waals surface area contributed by atoms with Crippen LogP contribution in [0.25, 0.3) is 0 Å². The van der Waals surface area contributed by atoms with E-state index in [0.29, 0.717) is 23.7 Å². The zero-order valence-electron chi connectivity index (χ0n) is 13.8. The van der Waals surface area contributed by atoms with Crippen LogP contribution in [-0.4, -0.2) is 27.3 Å². The van der Waals surface area contributed by atoms with Gasteiger partial charge in [-0.15, -0.1) is 0 Å². The van der Waals surface area contributed by atoms with E-state index in [1.54, 1.807) is 18.2 Å². The lowest BCUT2D eigenvalue weighted by molar-refractivity contribution is -0.134. The third-order valence-electron chi connectivity index (χ3n) is 3.40. The molecule has 0 spiro atoms. The van der Waals surface area contributed by atoms with Crippen molar-refractivity contribution in [2.24, 2.45) is 0 Å². The van der Waals surface area contributed by atoms with Crippen LogP contribution in [0.5, 0.6) is 23.0 Å². The molecule has 0 heterocycles. The van der Waals surface area contributed by atoms with Crippen molar-refractivity contribution < 1.29 is 28.1 Å². The number of para-hydroxylation sites is 1. The first-order valence-electron chi connectivity index (χ1n) is 7.33. The van der Waals surface area contributed by atoms with E-state index in [-0.39, 0.29) is 12.2 Å². The van der Waals surface area contributed by atoms with Crippen LogP contribution in [0.15, 0.2) is 36.4 Å². The zero-order chi connectivity index (χ0) is 17.5. The van der Waals surface area contributed by atoms with Crippen molar-refractivity contribution in [3.05, 3.63) is 47.8 Å². The Morgan fingerprint density at radius 2 is 1.58 bits per heavy atom. The normalized spacial score (nSPS) is 10.2. The molecular formula is C18H19FO5. The minimum Gasteiger partial charge on any atom is -0.493 e. The fourth-order valence-electron chi connectivity index (χ4n) is 2.23. The average molecular weight is 334 g/mol. The highest BCUT2D eigenvalue weighted by atomic mass is 19.1. The first kappa shape index (κ1) is 17.6. The maximum absolute atomic E-state index is 13.5. The lowest BCUT2D eigenvalue weighted by atomic mass is 10.1. The molecule has 0 N–H and O–H groups in total. The van der Waals surface area contributed by atoms with Gasteiger partial charge >= 0.3 is 5.97 Å². The van der Waals surface area contributed by atoms with E-state index < -0.39 is 11.8 Å². The Morgan fingerprint density at radius 3 is 2.12 bits per heavy atom. The summed E-state index contributed by atoms with van der Waals surface area (Å²) in [6.07, 6.45) is 0.483. The topological polar surface area (TPSA) is 54.0 Å². The summed E-state index contributed by atoms with van der Waals surface area (Å²) in [5.41, 5.74) is 0.815. The number of esters is 1. The molecule has 128 valence electrons. The minimum absolute atomic E-state index is 0.0765. The third kappa shape index (κ3) is 4.16. The molecule has 0 fully saturated rings. The Kier molecular flexibility index (Phi) is 6.01. The molecule has 0 aromatic heterocycles. The molecule has 0 saturated heterocycles. The van der Waals surface area contributed by atoms with Gasteiger partial charge in [0.05, 0.1) is 21.3 Å². The van der Waals surface area contributed by atoms with Crippen LogP contribution >= 0.6 is 0 Å². The van der Waals surface area contributed by atoms with E-state index in [1.807, 2.05) is 0 Å². The molecule has 6 heteroatoms. The number of carbonyl (C=O) groups excluding carboxylic acids is 1. The van der Waals surface area contributed by atoms with Crippen LogP contribution in [-0.2, 0) is 11.2 Å². The second-order valence-corrected chi connectivity index (χ2v) is 4.94. The predicted molar refractivity (Wildman–Crippen MR) is 86.5 cm³/mol. The lowest BCUT2D eigenvalue weighted by Crippen LogP contribution is -2.10. The van der Waals surface area contributed by atoms with Crippen LogP contribution in [0.1, 0.15) is 12.0 Å². The minimum atomic E-state index is -0.571. The van der Waals surface area contributed by atoms with Gasteiger partial charge in [-0.1, -0.05) is 12.1 Å². The quantitative estimate of drug-likeness (QED) is 0.574. The molecule has 5 nitrogen and oxygen atoms in total. The van der Waals surface area contributed by atoms with Crippen molar-refractivity contribution in [3.8, 4) is 23.0 Å². The Hall–Kier alpha value is -2.76.